The number of carbonyl (C=O) groups excluding carboxylic acids is 1. The fourth-order valence-corrected chi connectivity index (χ4v) is 6.06. The van der Waals surface area contributed by atoms with Crippen LogP contribution in [0.4, 0.5) is 13.2 Å². The van der Waals surface area contributed by atoms with Crippen LogP contribution in [-0.4, -0.2) is 73.0 Å². The van der Waals surface area contributed by atoms with Crippen molar-refractivity contribution >= 4 is 5.91 Å². The number of amides is 1. The molecule has 3 saturated heterocycles. The van der Waals surface area contributed by atoms with E-state index < -0.39 is 12.1 Å². The molecule has 7 nitrogen and oxygen atoms in total. The second kappa shape index (κ2) is 9.22. The Bertz CT molecular complexity index is 690. The summed E-state index contributed by atoms with van der Waals surface area (Å²) in [5.41, 5.74) is 3.53. The number of nitriles is 1. The number of hydrogen-bond acceptors (Lipinski definition) is 6. The number of hydrogen-bond donors (Lipinski definition) is 3. The molecule has 1 aliphatic carbocycles. The lowest BCUT2D eigenvalue weighted by atomic mass is 9.75. The lowest BCUT2D eigenvalue weighted by Gasteiger charge is -2.52. The summed E-state index contributed by atoms with van der Waals surface area (Å²) in [4.78, 5) is 14.1. The highest BCUT2D eigenvalue weighted by molar-refractivity contribution is 5.78. The number of likely N-dealkylation sites (tertiary alicyclic amines) is 1. The molecule has 0 radical (unpaired) electrons. The zero-order chi connectivity index (χ0) is 22.2. The quantitative estimate of drug-likeness (QED) is 0.616. The number of rotatable bonds is 3. The van der Waals surface area contributed by atoms with Gasteiger partial charge in [-0.3, -0.25) is 20.9 Å². The van der Waals surface area contributed by atoms with Gasteiger partial charge in [-0.05, 0) is 50.4 Å². The third-order valence-electron chi connectivity index (χ3n) is 7.78. The second-order valence-electron chi connectivity index (χ2n) is 9.67. The predicted octanol–water partition coefficient (Wildman–Crippen LogP) is 1.58. The van der Waals surface area contributed by atoms with Gasteiger partial charge >= 0.3 is 6.18 Å². The van der Waals surface area contributed by atoms with Crippen molar-refractivity contribution in [1.29, 1.82) is 5.26 Å². The SMILES string of the molecule is CN1CCC(C2NC(C3CCC(C(F)(F)F)CC3)NC3CN(C(=O)CC#N)CCC32)N1. The zero-order valence-corrected chi connectivity index (χ0v) is 18.0. The molecular formula is C21H33F3N6O. The molecule has 0 spiro atoms. The predicted molar refractivity (Wildman–Crippen MR) is 108 cm³/mol. The fraction of sp³-hybridized carbons (Fsp3) is 0.905. The van der Waals surface area contributed by atoms with Gasteiger partial charge in [0.1, 0.15) is 6.42 Å². The standard InChI is InChI=1S/C21H33F3N6O/c1-29-10-8-16(28-29)19-15-7-11-30(18(31)6-9-25)12-17(15)26-20(27-19)13-2-4-14(5-3-13)21(22,23)24/h13-17,19-20,26-28H,2-8,10-12H2,1H3. The lowest BCUT2D eigenvalue weighted by Crippen LogP contribution is -2.73. The van der Waals surface area contributed by atoms with Gasteiger partial charge in [0.05, 0.1) is 18.2 Å². The molecule has 4 rings (SSSR count). The van der Waals surface area contributed by atoms with Crippen molar-refractivity contribution in [2.75, 3.05) is 26.7 Å². The van der Waals surface area contributed by atoms with Crippen LogP contribution in [0, 0.1) is 29.1 Å². The lowest BCUT2D eigenvalue weighted by molar-refractivity contribution is -0.185. The third kappa shape index (κ3) is 5.00. The van der Waals surface area contributed by atoms with Crippen LogP contribution in [0.25, 0.3) is 0 Å². The van der Waals surface area contributed by atoms with Crippen molar-refractivity contribution < 1.29 is 18.0 Å². The van der Waals surface area contributed by atoms with E-state index >= 15 is 0 Å². The summed E-state index contributed by atoms with van der Waals surface area (Å²) in [7, 11) is 2.03. The maximum atomic E-state index is 13.1. The maximum absolute atomic E-state index is 13.1. The van der Waals surface area contributed by atoms with Gasteiger partial charge in [-0.25, -0.2) is 5.01 Å². The molecule has 1 amide bonds. The molecule has 3 heterocycles. The molecule has 0 aromatic rings. The summed E-state index contributed by atoms with van der Waals surface area (Å²) in [6, 6.07) is 2.50. The topological polar surface area (TPSA) is 83.4 Å². The second-order valence-corrected chi connectivity index (χ2v) is 9.67. The Balaban J connectivity index is 1.46. The summed E-state index contributed by atoms with van der Waals surface area (Å²) in [5.74, 6) is -0.849. The average molecular weight is 443 g/mol. The van der Waals surface area contributed by atoms with Crippen LogP contribution in [0.15, 0.2) is 0 Å². The summed E-state index contributed by atoms with van der Waals surface area (Å²) >= 11 is 0. The molecule has 0 aromatic heterocycles. The molecule has 1 saturated carbocycles. The molecule has 31 heavy (non-hydrogen) atoms. The van der Waals surface area contributed by atoms with Crippen molar-refractivity contribution in [3.05, 3.63) is 0 Å². The number of halogens is 3. The number of nitrogens with one attached hydrogen (secondary N) is 3. The first-order valence-electron chi connectivity index (χ1n) is 11.5. The van der Waals surface area contributed by atoms with E-state index in [1.54, 1.807) is 4.90 Å². The maximum Gasteiger partial charge on any atom is 0.391 e. The number of fused-ring (bicyclic) bond motifs is 1. The normalized spacial score (nSPS) is 39.7. The van der Waals surface area contributed by atoms with E-state index in [0.717, 1.165) is 19.4 Å². The Morgan fingerprint density at radius 2 is 1.81 bits per heavy atom. The molecule has 3 N–H and O–H groups in total. The van der Waals surface area contributed by atoms with Gasteiger partial charge in [0.15, 0.2) is 0 Å². The molecule has 5 atom stereocenters. The Kier molecular flexibility index (Phi) is 6.77. The number of carbonyl (C=O) groups is 1. The van der Waals surface area contributed by atoms with Crippen LogP contribution in [0.3, 0.4) is 0 Å². The van der Waals surface area contributed by atoms with Crippen LogP contribution < -0.4 is 16.1 Å². The summed E-state index contributed by atoms with van der Waals surface area (Å²) < 4.78 is 39.3. The Hall–Kier alpha value is -1.41. The molecule has 10 heteroatoms. The van der Waals surface area contributed by atoms with Crippen molar-refractivity contribution in [3.63, 3.8) is 0 Å². The average Bonchev–Trinajstić information content (AvgIpc) is 3.18. The largest absolute Gasteiger partial charge is 0.391 e. The van der Waals surface area contributed by atoms with Crippen LogP contribution in [-0.2, 0) is 4.79 Å². The van der Waals surface area contributed by atoms with E-state index in [1.165, 1.54) is 0 Å². The summed E-state index contributed by atoms with van der Waals surface area (Å²) in [6.45, 7) is 2.16. The first-order chi connectivity index (χ1) is 14.8. The Labute approximate surface area is 181 Å². The van der Waals surface area contributed by atoms with E-state index in [0.29, 0.717) is 31.8 Å². The van der Waals surface area contributed by atoms with Crippen LogP contribution >= 0.6 is 0 Å². The molecule has 4 aliphatic rings. The highest BCUT2D eigenvalue weighted by Crippen LogP contribution is 2.41. The smallest absolute Gasteiger partial charge is 0.340 e. The molecular weight excluding hydrogens is 409 g/mol. The highest BCUT2D eigenvalue weighted by Gasteiger charge is 2.48. The van der Waals surface area contributed by atoms with Gasteiger partial charge in [0, 0.05) is 44.8 Å². The van der Waals surface area contributed by atoms with E-state index in [-0.39, 0.29) is 55.4 Å². The number of nitrogens with zero attached hydrogens (tertiary/aromatic N) is 3. The Morgan fingerprint density at radius 3 is 2.42 bits per heavy atom. The minimum atomic E-state index is -4.10. The van der Waals surface area contributed by atoms with Crippen LogP contribution in [0.2, 0.25) is 0 Å². The first kappa shape index (κ1) is 22.8. The fourth-order valence-electron chi connectivity index (χ4n) is 6.06. The molecule has 5 unspecified atom stereocenters. The number of alkyl halides is 3. The monoisotopic (exact) mass is 442 g/mol. The van der Waals surface area contributed by atoms with Gasteiger partial charge in [0.25, 0.3) is 0 Å². The van der Waals surface area contributed by atoms with E-state index in [1.807, 2.05) is 13.1 Å². The van der Waals surface area contributed by atoms with Gasteiger partial charge in [-0.15, -0.1) is 0 Å². The molecule has 4 fully saturated rings. The molecule has 3 aliphatic heterocycles. The van der Waals surface area contributed by atoms with Crippen LogP contribution in [0.1, 0.15) is 44.9 Å². The minimum Gasteiger partial charge on any atom is -0.340 e. The molecule has 174 valence electrons. The minimum absolute atomic E-state index is 0.0563. The van der Waals surface area contributed by atoms with Crippen molar-refractivity contribution in [2.24, 2.45) is 17.8 Å². The Morgan fingerprint density at radius 1 is 1.06 bits per heavy atom. The molecule has 0 aromatic carbocycles. The van der Waals surface area contributed by atoms with E-state index in [2.05, 4.69) is 21.1 Å². The van der Waals surface area contributed by atoms with Gasteiger partial charge < -0.3 is 4.90 Å². The van der Waals surface area contributed by atoms with Crippen molar-refractivity contribution in [1.82, 2.24) is 26.0 Å². The summed E-state index contributed by atoms with van der Waals surface area (Å²) in [5, 5.41) is 18.4. The number of piperidine rings is 1. The van der Waals surface area contributed by atoms with Crippen LogP contribution in [0.5, 0.6) is 0 Å². The van der Waals surface area contributed by atoms with E-state index in [4.69, 9.17) is 5.26 Å². The van der Waals surface area contributed by atoms with E-state index in [9.17, 15) is 18.0 Å². The van der Waals surface area contributed by atoms with Crippen molar-refractivity contribution in [3.8, 4) is 6.07 Å². The first-order valence-corrected chi connectivity index (χ1v) is 11.5. The van der Waals surface area contributed by atoms with Gasteiger partial charge in [-0.2, -0.15) is 18.4 Å². The van der Waals surface area contributed by atoms with Gasteiger partial charge in [0.2, 0.25) is 5.91 Å². The van der Waals surface area contributed by atoms with Crippen molar-refractivity contribution in [2.45, 2.75) is 75.4 Å². The number of hydrazine groups is 1. The third-order valence-corrected chi connectivity index (χ3v) is 7.78. The zero-order valence-electron chi connectivity index (χ0n) is 18.0. The highest BCUT2D eigenvalue weighted by atomic mass is 19.4. The summed E-state index contributed by atoms with van der Waals surface area (Å²) in [6.07, 6.45) is -0.937. The van der Waals surface area contributed by atoms with Gasteiger partial charge in [-0.1, -0.05) is 0 Å². The molecule has 0 bridgehead atoms.